The molecule has 1 aliphatic heterocycles. The van der Waals surface area contributed by atoms with Crippen LogP contribution in [0.3, 0.4) is 0 Å². The van der Waals surface area contributed by atoms with E-state index in [4.69, 9.17) is 0 Å². The minimum atomic E-state index is -0.0214. The first-order valence-corrected chi connectivity index (χ1v) is 9.99. The highest BCUT2D eigenvalue weighted by atomic mass is 79.9. The molecule has 0 radical (unpaired) electrons. The number of carbonyl (C=O) groups excluding carboxylic acids is 1. The number of rotatable bonds is 3. The molecule has 27 heavy (non-hydrogen) atoms. The van der Waals surface area contributed by atoms with Crippen molar-refractivity contribution in [3.05, 3.63) is 76.8 Å². The van der Waals surface area contributed by atoms with Gasteiger partial charge < -0.3 is 10.2 Å². The van der Waals surface area contributed by atoms with Crippen LogP contribution in [0.15, 0.2) is 71.2 Å². The Kier molecular flexibility index (Phi) is 5.41. The molecule has 1 saturated heterocycles. The van der Waals surface area contributed by atoms with Crippen LogP contribution in [-0.4, -0.2) is 42.0 Å². The number of amides is 2. The third-order valence-electron chi connectivity index (χ3n) is 5.04. The average molecular weight is 424 g/mol. The van der Waals surface area contributed by atoms with Crippen LogP contribution in [0.4, 0.5) is 10.5 Å². The van der Waals surface area contributed by atoms with E-state index in [1.807, 2.05) is 41.3 Å². The minimum absolute atomic E-state index is 0.0214. The number of halogens is 1. The quantitative estimate of drug-likeness (QED) is 0.646. The van der Waals surface area contributed by atoms with E-state index in [0.717, 1.165) is 53.7 Å². The van der Waals surface area contributed by atoms with Crippen molar-refractivity contribution in [1.29, 1.82) is 0 Å². The maximum Gasteiger partial charge on any atom is 0.321 e. The van der Waals surface area contributed by atoms with Gasteiger partial charge in [0.25, 0.3) is 0 Å². The zero-order chi connectivity index (χ0) is 18.6. The predicted molar refractivity (Wildman–Crippen MR) is 114 cm³/mol. The molecule has 4 rings (SSSR count). The van der Waals surface area contributed by atoms with E-state index in [-0.39, 0.29) is 6.03 Å². The van der Waals surface area contributed by atoms with Crippen LogP contribution in [0.1, 0.15) is 5.56 Å². The highest BCUT2D eigenvalue weighted by Gasteiger charge is 2.22. The summed E-state index contributed by atoms with van der Waals surface area (Å²) in [5.74, 6) is 0. The molecule has 5 heteroatoms. The average Bonchev–Trinajstić information content (AvgIpc) is 2.70. The van der Waals surface area contributed by atoms with Crippen molar-refractivity contribution in [1.82, 2.24) is 9.80 Å². The van der Waals surface area contributed by atoms with Crippen molar-refractivity contribution < 1.29 is 4.79 Å². The van der Waals surface area contributed by atoms with Crippen LogP contribution in [0.5, 0.6) is 0 Å². The number of hydrogen-bond acceptors (Lipinski definition) is 2. The van der Waals surface area contributed by atoms with E-state index in [1.165, 1.54) is 5.56 Å². The maximum atomic E-state index is 12.7. The first-order valence-electron chi connectivity index (χ1n) is 9.20. The van der Waals surface area contributed by atoms with Gasteiger partial charge in [-0.1, -0.05) is 70.5 Å². The number of nitrogens with one attached hydrogen (secondary N) is 1. The summed E-state index contributed by atoms with van der Waals surface area (Å²) in [6.07, 6.45) is 0. The summed E-state index contributed by atoms with van der Waals surface area (Å²) in [6.45, 7) is 4.14. The summed E-state index contributed by atoms with van der Waals surface area (Å²) < 4.78 is 1.14. The van der Waals surface area contributed by atoms with E-state index >= 15 is 0 Å². The van der Waals surface area contributed by atoms with Crippen LogP contribution < -0.4 is 5.32 Å². The Morgan fingerprint density at radius 3 is 2.41 bits per heavy atom. The molecular weight excluding hydrogens is 402 g/mol. The summed E-state index contributed by atoms with van der Waals surface area (Å²) in [5.41, 5.74) is 2.15. The van der Waals surface area contributed by atoms with E-state index in [2.05, 4.69) is 56.5 Å². The molecule has 2 amide bonds. The highest BCUT2D eigenvalue weighted by Crippen LogP contribution is 2.23. The number of hydrogen-bond donors (Lipinski definition) is 1. The molecule has 0 unspecified atom stereocenters. The van der Waals surface area contributed by atoms with E-state index in [1.54, 1.807) is 0 Å². The fraction of sp³-hybridized carbons (Fsp3) is 0.227. The highest BCUT2D eigenvalue weighted by molar-refractivity contribution is 9.10. The molecule has 3 aromatic carbocycles. The Labute approximate surface area is 167 Å². The lowest BCUT2D eigenvalue weighted by Crippen LogP contribution is -2.49. The molecule has 0 aromatic heterocycles. The summed E-state index contributed by atoms with van der Waals surface area (Å²) in [5, 5.41) is 5.29. The van der Waals surface area contributed by atoms with Gasteiger partial charge in [-0.25, -0.2) is 4.79 Å². The lowest BCUT2D eigenvalue weighted by atomic mass is 10.1. The normalized spacial score (nSPS) is 15.1. The number of piperazine rings is 1. The number of benzene rings is 3. The second-order valence-corrected chi connectivity index (χ2v) is 7.67. The minimum Gasteiger partial charge on any atom is -0.322 e. The summed E-state index contributed by atoms with van der Waals surface area (Å²) >= 11 is 3.61. The number of nitrogens with zero attached hydrogens (tertiary/aromatic N) is 2. The molecule has 0 atom stereocenters. The SMILES string of the molecule is O=C(Nc1cccc2ccccc12)N1CCN(Cc2ccccc2Br)CC1. The zero-order valence-electron chi connectivity index (χ0n) is 15.1. The molecule has 0 spiro atoms. The predicted octanol–water partition coefficient (Wildman–Crippen LogP) is 4.95. The van der Waals surface area contributed by atoms with Gasteiger partial charge >= 0.3 is 6.03 Å². The Morgan fingerprint density at radius 1 is 0.889 bits per heavy atom. The van der Waals surface area contributed by atoms with Crippen molar-refractivity contribution in [2.24, 2.45) is 0 Å². The lowest BCUT2D eigenvalue weighted by molar-refractivity contribution is 0.143. The topological polar surface area (TPSA) is 35.6 Å². The second kappa shape index (κ2) is 8.11. The molecule has 0 saturated carbocycles. The van der Waals surface area contributed by atoms with Crippen LogP contribution in [0.2, 0.25) is 0 Å². The van der Waals surface area contributed by atoms with Crippen LogP contribution >= 0.6 is 15.9 Å². The smallest absolute Gasteiger partial charge is 0.321 e. The van der Waals surface area contributed by atoms with Gasteiger partial charge in [0.1, 0.15) is 0 Å². The zero-order valence-corrected chi connectivity index (χ0v) is 16.7. The molecule has 1 N–H and O–H groups in total. The van der Waals surface area contributed by atoms with Gasteiger partial charge in [0.2, 0.25) is 0 Å². The summed E-state index contributed by atoms with van der Waals surface area (Å²) in [6, 6.07) is 22.4. The molecule has 1 heterocycles. The number of anilines is 1. The Bertz CT molecular complexity index is 946. The summed E-state index contributed by atoms with van der Waals surface area (Å²) in [7, 11) is 0. The monoisotopic (exact) mass is 423 g/mol. The van der Waals surface area contributed by atoms with Crippen LogP contribution in [0.25, 0.3) is 10.8 Å². The Balaban J connectivity index is 1.37. The first kappa shape index (κ1) is 18.0. The molecular formula is C22H22BrN3O. The Hall–Kier alpha value is -2.37. The molecule has 0 aliphatic carbocycles. The van der Waals surface area contributed by atoms with Gasteiger partial charge in [0.15, 0.2) is 0 Å². The van der Waals surface area contributed by atoms with Crippen molar-refractivity contribution in [2.45, 2.75) is 6.54 Å². The molecule has 138 valence electrons. The standard InChI is InChI=1S/C22H22BrN3O/c23-20-10-4-2-7-18(20)16-25-12-14-26(15-13-25)22(27)24-21-11-5-8-17-6-1-3-9-19(17)21/h1-11H,12-16H2,(H,24,27). The fourth-order valence-corrected chi connectivity index (χ4v) is 3.92. The van der Waals surface area contributed by atoms with Crippen molar-refractivity contribution in [2.75, 3.05) is 31.5 Å². The van der Waals surface area contributed by atoms with E-state index < -0.39 is 0 Å². The maximum absolute atomic E-state index is 12.7. The van der Waals surface area contributed by atoms with Crippen molar-refractivity contribution in [3.63, 3.8) is 0 Å². The number of urea groups is 1. The van der Waals surface area contributed by atoms with Gasteiger partial charge in [0, 0.05) is 42.6 Å². The van der Waals surface area contributed by atoms with Gasteiger partial charge in [-0.15, -0.1) is 0 Å². The third-order valence-corrected chi connectivity index (χ3v) is 5.82. The van der Waals surface area contributed by atoms with Gasteiger partial charge in [-0.05, 0) is 23.1 Å². The molecule has 3 aromatic rings. The largest absolute Gasteiger partial charge is 0.322 e. The molecule has 1 aliphatic rings. The van der Waals surface area contributed by atoms with Gasteiger partial charge in [0.05, 0.1) is 5.69 Å². The summed E-state index contributed by atoms with van der Waals surface area (Å²) in [4.78, 5) is 17.0. The second-order valence-electron chi connectivity index (χ2n) is 6.81. The molecule has 1 fully saturated rings. The number of carbonyl (C=O) groups is 1. The fourth-order valence-electron chi connectivity index (χ4n) is 3.51. The van der Waals surface area contributed by atoms with Gasteiger partial charge in [-0.3, -0.25) is 4.90 Å². The van der Waals surface area contributed by atoms with Crippen molar-refractivity contribution in [3.8, 4) is 0 Å². The van der Waals surface area contributed by atoms with E-state index in [0.29, 0.717) is 0 Å². The van der Waals surface area contributed by atoms with Crippen molar-refractivity contribution >= 4 is 38.4 Å². The van der Waals surface area contributed by atoms with Crippen LogP contribution in [0, 0.1) is 0 Å². The van der Waals surface area contributed by atoms with Crippen LogP contribution in [-0.2, 0) is 6.54 Å². The third kappa shape index (κ3) is 4.15. The Morgan fingerprint density at radius 2 is 1.59 bits per heavy atom. The lowest BCUT2D eigenvalue weighted by Gasteiger charge is -2.35. The number of fused-ring (bicyclic) bond motifs is 1. The molecule has 4 nitrogen and oxygen atoms in total. The molecule has 0 bridgehead atoms. The first-order chi connectivity index (χ1) is 13.2. The van der Waals surface area contributed by atoms with E-state index in [9.17, 15) is 4.79 Å². The van der Waals surface area contributed by atoms with Gasteiger partial charge in [-0.2, -0.15) is 0 Å².